The molecule has 3 rings (SSSR count). The smallest absolute Gasteiger partial charge is 0.234 e. The summed E-state index contributed by atoms with van der Waals surface area (Å²) in [6.07, 6.45) is 0.909. The average Bonchev–Trinajstić information content (AvgIpc) is 2.48. The van der Waals surface area contributed by atoms with Crippen molar-refractivity contribution in [1.29, 1.82) is 0 Å². The SMILES string of the molecule is Fc1ccc(F)c(COc2cc3c(nn2)CCSC3)c1. The molecule has 0 saturated heterocycles. The predicted molar refractivity (Wildman–Crippen MR) is 72.6 cm³/mol. The van der Waals surface area contributed by atoms with Crippen LogP contribution in [0.5, 0.6) is 5.88 Å². The molecule has 1 aromatic carbocycles. The molecule has 1 aliphatic heterocycles. The van der Waals surface area contributed by atoms with Gasteiger partial charge in [-0.25, -0.2) is 8.78 Å². The summed E-state index contributed by atoms with van der Waals surface area (Å²) < 4.78 is 31.9. The van der Waals surface area contributed by atoms with E-state index in [1.807, 2.05) is 17.8 Å². The normalized spacial score (nSPS) is 13.9. The van der Waals surface area contributed by atoms with Gasteiger partial charge in [-0.2, -0.15) is 16.9 Å². The molecule has 0 radical (unpaired) electrons. The summed E-state index contributed by atoms with van der Waals surface area (Å²) in [6.45, 7) is -0.0653. The summed E-state index contributed by atoms with van der Waals surface area (Å²) >= 11 is 1.83. The molecule has 6 heteroatoms. The Morgan fingerprint density at radius 1 is 1.20 bits per heavy atom. The van der Waals surface area contributed by atoms with Gasteiger partial charge >= 0.3 is 0 Å². The number of halogens is 2. The van der Waals surface area contributed by atoms with Crippen molar-refractivity contribution in [3.63, 3.8) is 0 Å². The number of benzene rings is 1. The first kappa shape index (κ1) is 13.3. The van der Waals surface area contributed by atoms with E-state index in [-0.39, 0.29) is 12.2 Å². The third-order valence-electron chi connectivity index (χ3n) is 3.06. The van der Waals surface area contributed by atoms with Crippen LogP contribution >= 0.6 is 11.8 Å². The molecule has 0 saturated carbocycles. The average molecular weight is 294 g/mol. The van der Waals surface area contributed by atoms with Gasteiger partial charge in [-0.05, 0) is 29.5 Å². The summed E-state index contributed by atoms with van der Waals surface area (Å²) in [7, 11) is 0. The van der Waals surface area contributed by atoms with Crippen molar-refractivity contribution in [3.8, 4) is 5.88 Å². The minimum absolute atomic E-state index is 0.0653. The number of hydrogen-bond acceptors (Lipinski definition) is 4. The fourth-order valence-electron chi connectivity index (χ4n) is 2.00. The van der Waals surface area contributed by atoms with Crippen molar-refractivity contribution in [1.82, 2.24) is 10.2 Å². The molecule has 0 amide bonds. The van der Waals surface area contributed by atoms with Gasteiger partial charge < -0.3 is 4.74 Å². The largest absolute Gasteiger partial charge is 0.472 e. The number of rotatable bonds is 3. The van der Waals surface area contributed by atoms with Gasteiger partial charge in [0.15, 0.2) is 0 Å². The maximum Gasteiger partial charge on any atom is 0.234 e. The zero-order chi connectivity index (χ0) is 13.9. The van der Waals surface area contributed by atoms with Gasteiger partial charge in [0.25, 0.3) is 0 Å². The lowest BCUT2D eigenvalue weighted by Crippen LogP contribution is -2.08. The van der Waals surface area contributed by atoms with Gasteiger partial charge in [0.1, 0.15) is 18.2 Å². The molecular weight excluding hydrogens is 282 g/mol. The van der Waals surface area contributed by atoms with E-state index >= 15 is 0 Å². The molecule has 1 aliphatic rings. The van der Waals surface area contributed by atoms with Gasteiger partial charge in [-0.3, -0.25) is 0 Å². The van der Waals surface area contributed by atoms with Crippen LogP contribution in [0, 0.1) is 11.6 Å². The predicted octanol–water partition coefficient (Wildman–Crippen LogP) is 3.12. The van der Waals surface area contributed by atoms with Gasteiger partial charge in [0.2, 0.25) is 5.88 Å². The van der Waals surface area contributed by atoms with Crippen LogP contribution in [0.4, 0.5) is 8.78 Å². The number of hydrogen-bond donors (Lipinski definition) is 0. The second-order valence-electron chi connectivity index (χ2n) is 4.48. The van der Waals surface area contributed by atoms with E-state index in [1.165, 1.54) is 0 Å². The van der Waals surface area contributed by atoms with Crippen molar-refractivity contribution >= 4 is 11.8 Å². The number of thioether (sulfide) groups is 1. The Kier molecular flexibility index (Phi) is 3.82. The highest BCUT2D eigenvalue weighted by atomic mass is 32.2. The van der Waals surface area contributed by atoms with E-state index in [0.717, 1.165) is 47.4 Å². The number of aryl methyl sites for hydroxylation is 1. The zero-order valence-electron chi connectivity index (χ0n) is 10.6. The van der Waals surface area contributed by atoms with Crippen molar-refractivity contribution in [2.75, 3.05) is 5.75 Å². The van der Waals surface area contributed by atoms with Crippen LogP contribution in [0.25, 0.3) is 0 Å². The van der Waals surface area contributed by atoms with Crippen LogP contribution in [0.15, 0.2) is 24.3 Å². The molecule has 0 N–H and O–H groups in total. The Morgan fingerprint density at radius 2 is 2.10 bits per heavy atom. The van der Waals surface area contributed by atoms with E-state index < -0.39 is 11.6 Å². The fraction of sp³-hybridized carbons (Fsp3) is 0.286. The fourth-order valence-corrected chi connectivity index (χ4v) is 2.95. The summed E-state index contributed by atoms with van der Waals surface area (Å²) in [4.78, 5) is 0. The number of aromatic nitrogens is 2. The first-order valence-corrected chi connectivity index (χ1v) is 7.38. The van der Waals surface area contributed by atoms with E-state index in [2.05, 4.69) is 10.2 Å². The lowest BCUT2D eigenvalue weighted by Gasteiger charge is -2.14. The second-order valence-corrected chi connectivity index (χ2v) is 5.59. The highest BCUT2D eigenvalue weighted by Gasteiger charge is 2.13. The molecule has 3 nitrogen and oxygen atoms in total. The monoisotopic (exact) mass is 294 g/mol. The molecule has 2 heterocycles. The molecule has 104 valence electrons. The Hall–Kier alpha value is -1.69. The van der Waals surface area contributed by atoms with Crippen LogP contribution in [-0.4, -0.2) is 16.0 Å². The molecule has 0 bridgehead atoms. The van der Waals surface area contributed by atoms with Crippen LogP contribution < -0.4 is 4.74 Å². The highest BCUT2D eigenvalue weighted by molar-refractivity contribution is 7.98. The maximum atomic E-state index is 13.5. The van der Waals surface area contributed by atoms with Crippen molar-refractivity contribution < 1.29 is 13.5 Å². The van der Waals surface area contributed by atoms with E-state index in [4.69, 9.17) is 4.74 Å². The molecule has 2 aromatic rings. The van der Waals surface area contributed by atoms with Gasteiger partial charge in [0, 0.05) is 23.8 Å². The second kappa shape index (κ2) is 5.75. The van der Waals surface area contributed by atoms with Crippen molar-refractivity contribution in [2.24, 2.45) is 0 Å². The Morgan fingerprint density at radius 3 is 3.00 bits per heavy atom. The Balaban J connectivity index is 1.73. The van der Waals surface area contributed by atoms with Crippen molar-refractivity contribution in [3.05, 3.63) is 52.7 Å². The minimum Gasteiger partial charge on any atom is -0.472 e. The summed E-state index contributed by atoms with van der Waals surface area (Å²) in [5, 5.41) is 8.08. The first-order valence-electron chi connectivity index (χ1n) is 6.22. The molecule has 1 aromatic heterocycles. The standard InChI is InChI=1S/C14H12F2N2OS/c15-11-1-2-12(16)9(5-11)7-19-14-6-10-8-20-4-3-13(10)17-18-14/h1-2,5-6H,3-4,7-8H2. The molecular formula is C14H12F2N2OS. The Bertz CT molecular complexity index is 637. The lowest BCUT2D eigenvalue weighted by molar-refractivity contribution is 0.283. The van der Waals surface area contributed by atoms with Gasteiger partial charge in [0.05, 0.1) is 5.69 Å². The highest BCUT2D eigenvalue weighted by Crippen LogP contribution is 2.25. The summed E-state index contributed by atoms with van der Waals surface area (Å²) in [5.41, 5.74) is 2.26. The van der Waals surface area contributed by atoms with Gasteiger partial charge in [-0.15, -0.1) is 5.10 Å². The summed E-state index contributed by atoms with van der Waals surface area (Å²) in [6, 6.07) is 5.11. The van der Waals surface area contributed by atoms with E-state index in [1.54, 1.807) is 0 Å². The lowest BCUT2D eigenvalue weighted by atomic mass is 10.2. The zero-order valence-corrected chi connectivity index (χ0v) is 11.4. The third kappa shape index (κ3) is 2.90. The molecule has 0 fully saturated rings. The van der Waals surface area contributed by atoms with Gasteiger partial charge in [-0.1, -0.05) is 0 Å². The number of fused-ring (bicyclic) bond motifs is 1. The van der Waals surface area contributed by atoms with E-state index in [0.29, 0.717) is 5.88 Å². The first-order chi connectivity index (χ1) is 9.72. The summed E-state index contributed by atoms with van der Waals surface area (Å²) in [5.74, 6) is 1.30. The van der Waals surface area contributed by atoms with Crippen molar-refractivity contribution in [2.45, 2.75) is 18.8 Å². The minimum atomic E-state index is -0.493. The van der Waals surface area contributed by atoms with Crippen LogP contribution in [0.1, 0.15) is 16.8 Å². The van der Waals surface area contributed by atoms with Crippen LogP contribution in [-0.2, 0) is 18.8 Å². The van der Waals surface area contributed by atoms with Crippen LogP contribution in [0.3, 0.4) is 0 Å². The number of ether oxygens (including phenoxy) is 1. The molecule has 0 unspecified atom stereocenters. The molecule has 0 aliphatic carbocycles. The maximum absolute atomic E-state index is 13.5. The molecule has 0 atom stereocenters. The Labute approximate surface area is 119 Å². The quantitative estimate of drug-likeness (QED) is 0.871. The molecule has 20 heavy (non-hydrogen) atoms. The topological polar surface area (TPSA) is 35.0 Å². The van der Waals surface area contributed by atoms with Crippen LogP contribution in [0.2, 0.25) is 0 Å². The number of nitrogens with zero attached hydrogens (tertiary/aromatic N) is 2. The van der Waals surface area contributed by atoms with E-state index in [9.17, 15) is 8.78 Å². The third-order valence-corrected chi connectivity index (χ3v) is 4.07. The molecule has 0 spiro atoms.